The fourth-order valence-electron chi connectivity index (χ4n) is 3.05. The standard InChI is InChI=1S/C16H23N5/c1-13-18-19-20-21(13)16-10-6-9-15(11-16)17-12-14-7-4-2-3-5-8-14/h6,9-11,14,17H,2-5,7-8,12H2,1H3. The lowest BCUT2D eigenvalue weighted by Crippen LogP contribution is -2.13. The van der Waals surface area contributed by atoms with Crippen molar-refractivity contribution in [3.8, 4) is 5.69 Å². The van der Waals surface area contributed by atoms with Crippen LogP contribution in [0, 0.1) is 12.8 Å². The second-order valence-electron chi connectivity index (χ2n) is 5.93. The van der Waals surface area contributed by atoms with Crippen molar-refractivity contribution in [2.24, 2.45) is 5.92 Å². The monoisotopic (exact) mass is 285 g/mol. The van der Waals surface area contributed by atoms with Crippen molar-refractivity contribution in [1.29, 1.82) is 0 Å². The van der Waals surface area contributed by atoms with Gasteiger partial charge in [-0.25, -0.2) is 0 Å². The first-order valence-corrected chi connectivity index (χ1v) is 7.92. The molecule has 3 rings (SSSR count). The van der Waals surface area contributed by atoms with Gasteiger partial charge in [-0.3, -0.25) is 0 Å². The van der Waals surface area contributed by atoms with E-state index >= 15 is 0 Å². The number of aryl methyl sites for hydroxylation is 1. The third kappa shape index (κ3) is 3.60. The summed E-state index contributed by atoms with van der Waals surface area (Å²) in [6.45, 7) is 2.98. The number of anilines is 1. The van der Waals surface area contributed by atoms with Crippen molar-refractivity contribution in [2.45, 2.75) is 45.4 Å². The predicted molar refractivity (Wildman–Crippen MR) is 83.6 cm³/mol. The zero-order chi connectivity index (χ0) is 14.5. The summed E-state index contributed by atoms with van der Waals surface area (Å²) in [4.78, 5) is 0. The molecule has 112 valence electrons. The van der Waals surface area contributed by atoms with Crippen molar-refractivity contribution in [3.63, 3.8) is 0 Å². The van der Waals surface area contributed by atoms with Crippen LogP contribution in [0.2, 0.25) is 0 Å². The zero-order valence-corrected chi connectivity index (χ0v) is 12.6. The van der Waals surface area contributed by atoms with Gasteiger partial charge in [-0.2, -0.15) is 4.68 Å². The molecule has 0 saturated heterocycles. The molecule has 0 spiro atoms. The normalized spacial score (nSPS) is 16.6. The highest BCUT2D eigenvalue weighted by Crippen LogP contribution is 2.23. The van der Waals surface area contributed by atoms with Gasteiger partial charge in [-0.1, -0.05) is 31.7 Å². The number of benzene rings is 1. The summed E-state index contributed by atoms with van der Waals surface area (Å²) in [5.41, 5.74) is 2.15. The Morgan fingerprint density at radius 2 is 2.00 bits per heavy atom. The molecular formula is C16H23N5. The molecule has 1 aromatic heterocycles. The Kier molecular flexibility index (Phi) is 4.48. The molecular weight excluding hydrogens is 262 g/mol. The zero-order valence-electron chi connectivity index (χ0n) is 12.6. The molecule has 1 N–H and O–H groups in total. The van der Waals surface area contributed by atoms with Gasteiger partial charge < -0.3 is 5.32 Å². The van der Waals surface area contributed by atoms with E-state index in [4.69, 9.17) is 0 Å². The fraction of sp³-hybridized carbons (Fsp3) is 0.562. The molecule has 1 aliphatic rings. The molecule has 0 radical (unpaired) electrons. The lowest BCUT2D eigenvalue weighted by Gasteiger charge is -2.16. The van der Waals surface area contributed by atoms with E-state index in [0.29, 0.717) is 0 Å². The number of hydrogen-bond acceptors (Lipinski definition) is 4. The van der Waals surface area contributed by atoms with E-state index in [1.807, 2.05) is 19.1 Å². The minimum atomic E-state index is 0.802. The van der Waals surface area contributed by atoms with Crippen LogP contribution in [0.3, 0.4) is 0 Å². The van der Waals surface area contributed by atoms with Crippen molar-refractivity contribution < 1.29 is 0 Å². The minimum Gasteiger partial charge on any atom is -0.385 e. The molecule has 1 saturated carbocycles. The Hall–Kier alpha value is -1.91. The molecule has 21 heavy (non-hydrogen) atoms. The van der Waals surface area contributed by atoms with Crippen molar-refractivity contribution >= 4 is 5.69 Å². The number of nitrogens with one attached hydrogen (secondary N) is 1. The van der Waals surface area contributed by atoms with Gasteiger partial charge in [0, 0.05) is 12.2 Å². The van der Waals surface area contributed by atoms with Gasteiger partial charge in [-0.15, -0.1) is 5.10 Å². The average molecular weight is 285 g/mol. The second kappa shape index (κ2) is 6.70. The van der Waals surface area contributed by atoms with E-state index in [1.165, 1.54) is 38.5 Å². The summed E-state index contributed by atoms with van der Waals surface area (Å²) in [5, 5.41) is 15.2. The van der Waals surface area contributed by atoms with Crippen LogP contribution in [0.5, 0.6) is 0 Å². The smallest absolute Gasteiger partial charge is 0.153 e. The first kappa shape index (κ1) is 14.0. The Bertz CT molecular complexity index is 570. The van der Waals surface area contributed by atoms with Crippen LogP contribution in [0.25, 0.3) is 5.69 Å². The number of hydrogen-bond donors (Lipinski definition) is 1. The molecule has 5 nitrogen and oxygen atoms in total. The first-order valence-electron chi connectivity index (χ1n) is 7.92. The highest BCUT2D eigenvalue weighted by Gasteiger charge is 2.12. The third-order valence-electron chi connectivity index (χ3n) is 4.29. The Labute approximate surface area is 125 Å². The third-order valence-corrected chi connectivity index (χ3v) is 4.29. The van der Waals surface area contributed by atoms with Gasteiger partial charge in [0.2, 0.25) is 0 Å². The second-order valence-corrected chi connectivity index (χ2v) is 5.93. The van der Waals surface area contributed by atoms with Gasteiger partial charge in [0.05, 0.1) is 5.69 Å². The maximum Gasteiger partial charge on any atom is 0.153 e. The molecule has 0 aliphatic heterocycles. The molecule has 1 aromatic carbocycles. The van der Waals surface area contributed by atoms with E-state index in [2.05, 4.69) is 33.0 Å². The van der Waals surface area contributed by atoms with Gasteiger partial charge in [-0.05, 0) is 54.3 Å². The SMILES string of the molecule is Cc1nnnn1-c1cccc(NCC2CCCCCC2)c1. The molecule has 0 atom stereocenters. The molecule has 1 heterocycles. The Balaban J connectivity index is 1.65. The van der Waals surface area contributed by atoms with E-state index < -0.39 is 0 Å². The summed E-state index contributed by atoms with van der Waals surface area (Å²) in [7, 11) is 0. The number of tetrazole rings is 1. The van der Waals surface area contributed by atoms with Gasteiger partial charge in [0.15, 0.2) is 5.82 Å². The van der Waals surface area contributed by atoms with Gasteiger partial charge in [0.1, 0.15) is 0 Å². The van der Waals surface area contributed by atoms with E-state index in [9.17, 15) is 0 Å². The molecule has 0 unspecified atom stereocenters. The maximum absolute atomic E-state index is 4.02. The summed E-state index contributed by atoms with van der Waals surface area (Å²) in [5.74, 6) is 1.61. The summed E-state index contributed by atoms with van der Waals surface area (Å²) in [6.07, 6.45) is 8.30. The van der Waals surface area contributed by atoms with Crippen LogP contribution in [0.15, 0.2) is 24.3 Å². The first-order chi connectivity index (χ1) is 10.3. The highest BCUT2D eigenvalue weighted by molar-refractivity contribution is 5.50. The van der Waals surface area contributed by atoms with Crippen LogP contribution >= 0.6 is 0 Å². The van der Waals surface area contributed by atoms with E-state index in [-0.39, 0.29) is 0 Å². The molecule has 1 fully saturated rings. The minimum absolute atomic E-state index is 0.802. The summed E-state index contributed by atoms with van der Waals surface area (Å²) in [6, 6.07) is 8.30. The quantitative estimate of drug-likeness (QED) is 0.875. The molecule has 0 amide bonds. The molecule has 1 aliphatic carbocycles. The van der Waals surface area contributed by atoms with E-state index in [1.54, 1.807) is 4.68 Å². The number of nitrogens with zero attached hydrogens (tertiary/aromatic N) is 4. The van der Waals surface area contributed by atoms with Crippen LogP contribution in [0.1, 0.15) is 44.3 Å². The predicted octanol–water partition coefficient (Wildman–Crippen LogP) is 3.35. The lowest BCUT2D eigenvalue weighted by atomic mass is 10.0. The lowest BCUT2D eigenvalue weighted by molar-refractivity contribution is 0.483. The van der Waals surface area contributed by atoms with Crippen molar-refractivity contribution in [2.75, 3.05) is 11.9 Å². The van der Waals surface area contributed by atoms with Crippen LogP contribution in [0.4, 0.5) is 5.69 Å². The fourth-order valence-corrected chi connectivity index (χ4v) is 3.05. The van der Waals surface area contributed by atoms with E-state index in [0.717, 1.165) is 29.7 Å². The molecule has 0 bridgehead atoms. The summed E-state index contributed by atoms with van der Waals surface area (Å²) < 4.78 is 1.76. The van der Waals surface area contributed by atoms with Crippen LogP contribution < -0.4 is 5.32 Å². The maximum atomic E-state index is 4.02. The largest absolute Gasteiger partial charge is 0.385 e. The average Bonchev–Trinajstić information content (AvgIpc) is 2.77. The van der Waals surface area contributed by atoms with Crippen molar-refractivity contribution in [3.05, 3.63) is 30.1 Å². The number of rotatable bonds is 4. The Morgan fingerprint density at radius 3 is 2.71 bits per heavy atom. The summed E-state index contributed by atoms with van der Waals surface area (Å²) >= 11 is 0. The highest BCUT2D eigenvalue weighted by atomic mass is 15.5. The van der Waals surface area contributed by atoms with Crippen molar-refractivity contribution in [1.82, 2.24) is 20.2 Å². The molecule has 5 heteroatoms. The van der Waals surface area contributed by atoms with Gasteiger partial charge in [0.25, 0.3) is 0 Å². The Morgan fingerprint density at radius 1 is 1.19 bits per heavy atom. The number of aromatic nitrogens is 4. The molecule has 2 aromatic rings. The van der Waals surface area contributed by atoms with Crippen LogP contribution in [-0.2, 0) is 0 Å². The topological polar surface area (TPSA) is 55.6 Å². The van der Waals surface area contributed by atoms with Gasteiger partial charge >= 0.3 is 0 Å². The van der Waals surface area contributed by atoms with Crippen LogP contribution in [-0.4, -0.2) is 26.8 Å².